The van der Waals surface area contributed by atoms with Crippen molar-refractivity contribution in [2.45, 2.75) is 46.0 Å². The number of halogens is 3. The number of nitrogens with one attached hydrogen (secondary N) is 1. The number of hydrogen-bond acceptors (Lipinski definition) is 4. The fourth-order valence-corrected chi connectivity index (χ4v) is 6.09. The van der Waals surface area contributed by atoms with Crippen molar-refractivity contribution in [1.82, 2.24) is 4.90 Å². The third-order valence-corrected chi connectivity index (χ3v) is 8.03. The van der Waals surface area contributed by atoms with E-state index in [-0.39, 0.29) is 16.9 Å². The monoisotopic (exact) mass is 406 g/mol. The normalized spacial score (nSPS) is 24.1. The van der Waals surface area contributed by atoms with Crippen LogP contribution in [0, 0.1) is 5.41 Å². The summed E-state index contributed by atoms with van der Waals surface area (Å²) < 4.78 is 56.3. The summed E-state index contributed by atoms with van der Waals surface area (Å²) in [5.74, 6) is -0.311. The van der Waals surface area contributed by atoms with Crippen LogP contribution in [0.2, 0.25) is 0 Å². The Bertz CT molecular complexity index is 687. The van der Waals surface area contributed by atoms with Crippen LogP contribution in [-0.4, -0.2) is 50.3 Å². The standard InChI is InChI=1S/C19H30F3N2O2P/c1-18(2,3)13-23-16-7-6-15(12-17(16)26-19(20,21)22)27(25)10-8-14(9-11-27)24(4)5/h6-7,12,14,23H,8-11,13H2,1-5H3. The van der Waals surface area contributed by atoms with Crippen molar-refractivity contribution in [2.75, 3.05) is 38.3 Å². The van der Waals surface area contributed by atoms with Crippen molar-refractivity contribution in [3.63, 3.8) is 0 Å². The minimum absolute atomic E-state index is 0.106. The van der Waals surface area contributed by atoms with Crippen LogP contribution in [0.4, 0.5) is 18.9 Å². The molecular weight excluding hydrogens is 376 g/mol. The van der Waals surface area contributed by atoms with E-state index in [1.807, 2.05) is 34.9 Å². The summed E-state index contributed by atoms with van der Waals surface area (Å²) in [5, 5.41) is 3.49. The molecule has 0 aliphatic carbocycles. The molecule has 0 amide bonds. The number of anilines is 1. The highest BCUT2D eigenvalue weighted by Crippen LogP contribution is 2.51. The van der Waals surface area contributed by atoms with E-state index in [1.165, 1.54) is 6.07 Å². The summed E-state index contributed by atoms with van der Waals surface area (Å²) in [4.78, 5) is 2.11. The molecule has 1 aromatic rings. The maximum absolute atomic E-state index is 13.4. The van der Waals surface area contributed by atoms with Gasteiger partial charge in [-0.3, -0.25) is 0 Å². The van der Waals surface area contributed by atoms with Gasteiger partial charge in [0, 0.05) is 30.2 Å². The average Bonchev–Trinajstić information content (AvgIpc) is 2.51. The third kappa shape index (κ3) is 6.42. The zero-order chi connectivity index (χ0) is 20.5. The Morgan fingerprint density at radius 3 is 2.26 bits per heavy atom. The Labute approximate surface area is 159 Å². The van der Waals surface area contributed by atoms with Crippen LogP contribution in [0.25, 0.3) is 0 Å². The molecule has 0 saturated carbocycles. The van der Waals surface area contributed by atoms with Gasteiger partial charge in [-0.1, -0.05) is 20.8 Å². The first-order valence-corrected chi connectivity index (χ1v) is 11.3. The van der Waals surface area contributed by atoms with Crippen molar-refractivity contribution in [3.05, 3.63) is 18.2 Å². The highest BCUT2D eigenvalue weighted by atomic mass is 31.2. The second kappa shape index (κ2) is 8.04. The number of alkyl halides is 3. The molecule has 1 fully saturated rings. The van der Waals surface area contributed by atoms with E-state index in [9.17, 15) is 17.7 Å². The fourth-order valence-electron chi connectivity index (χ4n) is 3.23. The minimum atomic E-state index is -4.80. The molecule has 154 valence electrons. The molecule has 1 aliphatic heterocycles. The SMILES string of the molecule is CN(C)C1CCP(=O)(c2ccc(NCC(C)(C)C)c(OC(F)(F)F)c2)CC1. The molecular formula is C19H30F3N2O2P. The van der Waals surface area contributed by atoms with Gasteiger partial charge in [0.15, 0.2) is 5.75 Å². The molecule has 1 aromatic carbocycles. The average molecular weight is 406 g/mol. The van der Waals surface area contributed by atoms with Gasteiger partial charge in [0.2, 0.25) is 0 Å². The van der Waals surface area contributed by atoms with Crippen molar-refractivity contribution < 1.29 is 22.5 Å². The summed E-state index contributed by atoms with van der Waals surface area (Å²) in [6.45, 7) is 6.45. The molecule has 4 nitrogen and oxygen atoms in total. The zero-order valence-corrected chi connectivity index (χ0v) is 17.6. The van der Waals surface area contributed by atoms with E-state index < -0.39 is 13.5 Å². The number of hydrogen-bond donors (Lipinski definition) is 1. The summed E-state index contributed by atoms with van der Waals surface area (Å²) in [5.41, 5.74) is 0.159. The molecule has 0 bridgehead atoms. The first-order valence-electron chi connectivity index (χ1n) is 9.18. The zero-order valence-electron chi connectivity index (χ0n) is 16.7. The van der Waals surface area contributed by atoms with E-state index in [4.69, 9.17) is 0 Å². The maximum Gasteiger partial charge on any atom is 0.573 e. The number of nitrogens with zero attached hydrogens (tertiary/aromatic N) is 1. The van der Waals surface area contributed by atoms with Gasteiger partial charge in [0.1, 0.15) is 7.14 Å². The molecule has 1 saturated heterocycles. The smallest absolute Gasteiger partial charge is 0.404 e. The van der Waals surface area contributed by atoms with Crippen molar-refractivity contribution in [1.29, 1.82) is 0 Å². The highest BCUT2D eigenvalue weighted by Gasteiger charge is 2.35. The van der Waals surface area contributed by atoms with Crippen LogP contribution in [-0.2, 0) is 4.57 Å². The van der Waals surface area contributed by atoms with E-state index >= 15 is 0 Å². The van der Waals surface area contributed by atoms with Gasteiger partial charge < -0.3 is 19.5 Å². The van der Waals surface area contributed by atoms with Crippen LogP contribution in [0.1, 0.15) is 33.6 Å². The quantitative estimate of drug-likeness (QED) is 0.717. The lowest BCUT2D eigenvalue weighted by atomic mass is 9.97. The molecule has 27 heavy (non-hydrogen) atoms. The first kappa shape index (κ1) is 22.1. The van der Waals surface area contributed by atoms with E-state index in [1.54, 1.807) is 12.1 Å². The molecule has 0 unspecified atom stereocenters. The Morgan fingerprint density at radius 2 is 1.78 bits per heavy atom. The summed E-state index contributed by atoms with van der Waals surface area (Å²) in [7, 11) is 1.28. The van der Waals surface area contributed by atoms with Crippen molar-refractivity contribution in [2.24, 2.45) is 5.41 Å². The lowest BCUT2D eigenvalue weighted by molar-refractivity contribution is -0.274. The fraction of sp³-hybridized carbons (Fsp3) is 0.684. The number of rotatable bonds is 5. The van der Waals surface area contributed by atoms with Gasteiger partial charge in [-0.15, -0.1) is 13.2 Å². The molecule has 2 rings (SSSR count). The van der Waals surface area contributed by atoms with Crippen LogP contribution in [0.15, 0.2) is 18.2 Å². The van der Waals surface area contributed by atoms with E-state index in [0.29, 0.717) is 30.2 Å². The highest BCUT2D eigenvalue weighted by molar-refractivity contribution is 7.71. The number of benzene rings is 1. The van der Waals surface area contributed by atoms with Crippen LogP contribution in [0.5, 0.6) is 5.75 Å². The van der Waals surface area contributed by atoms with E-state index in [2.05, 4.69) is 15.0 Å². The second-order valence-electron chi connectivity index (χ2n) is 8.67. The first-order chi connectivity index (χ1) is 12.3. The third-order valence-electron chi connectivity index (χ3n) is 4.85. The van der Waals surface area contributed by atoms with Crippen molar-refractivity contribution >= 4 is 18.1 Å². The molecule has 1 N–H and O–H groups in total. The largest absolute Gasteiger partial charge is 0.573 e. The predicted molar refractivity (Wildman–Crippen MR) is 105 cm³/mol. The lowest BCUT2D eigenvalue weighted by Gasteiger charge is -2.33. The summed E-state index contributed by atoms with van der Waals surface area (Å²) in [6, 6.07) is 4.92. The van der Waals surface area contributed by atoms with Crippen LogP contribution in [0.3, 0.4) is 0 Å². The molecule has 0 atom stereocenters. The minimum Gasteiger partial charge on any atom is -0.404 e. The summed E-state index contributed by atoms with van der Waals surface area (Å²) >= 11 is 0. The Morgan fingerprint density at radius 1 is 1.19 bits per heavy atom. The Kier molecular flexibility index (Phi) is 6.58. The van der Waals surface area contributed by atoms with Gasteiger partial charge in [0.25, 0.3) is 0 Å². The molecule has 0 aromatic heterocycles. The molecule has 8 heteroatoms. The van der Waals surface area contributed by atoms with Gasteiger partial charge in [-0.2, -0.15) is 0 Å². The second-order valence-corrected chi connectivity index (χ2v) is 11.9. The van der Waals surface area contributed by atoms with Gasteiger partial charge in [-0.25, -0.2) is 0 Å². The Hall–Kier alpha value is -1.20. The van der Waals surface area contributed by atoms with Crippen LogP contribution < -0.4 is 15.4 Å². The van der Waals surface area contributed by atoms with Gasteiger partial charge >= 0.3 is 6.36 Å². The molecule has 1 heterocycles. The predicted octanol–water partition coefficient (Wildman–Crippen LogP) is 4.76. The van der Waals surface area contributed by atoms with Gasteiger partial charge in [-0.05, 0) is 50.6 Å². The maximum atomic E-state index is 13.4. The Balaban J connectivity index is 2.28. The van der Waals surface area contributed by atoms with E-state index in [0.717, 1.165) is 12.8 Å². The lowest BCUT2D eigenvalue weighted by Crippen LogP contribution is -2.34. The van der Waals surface area contributed by atoms with Gasteiger partial charge in [0.05, 0.1) is 5.69 Å². The molecule has 0 spiro atoms. The topological polar surface area (TPSA) is 41.6 Å². The van der Waals surface area contributed by atoms with Crippen LogP contribution >= 0.6 is 7.14 Å². The summed E-state index contributed by atoms with van der Waals surface area (Å²) in [6.07, 6.45) is -2.21. The molecule has 1 aliphatic rings. The van der Waals surface area contributed by atoms with Crippen molar-refractivity contribution in [3.8, 4) is 5.75 Å². The molecule has 0 radical (unpaired) electrons. The number of ether oxygens (including phenoxy) is 1.